The highest BCUT2D eigenvalue weighted by molar-refractivity contribution is 5.94. The van der Waals surface area contributed by atoms with Crippen LogP contribution in [0.2, 0.25) is 0 Å². The number of rotatable bonds is 5. The Hall–Kier alpha value is -2.56. The van der Waals surface area contributed by atoms with Gasteiger partial charge in [0.05, 0.1) is 0 Å². The van der Waals surface area contributed by atoms with Gasteiger partial charge in [-0.3, -0.25) is 9.59 Å². The number of benzene rings is 1. The van der Waals surface area contributed by atoms with Crippen molar-refractivity contribution < 1.29 is 9.59 Å². The number of amides is 2. The van der Waals surface area contributed by atoms with Crippen molar-refractivity contribution in [3.8, 4) is 0 Å². The average molecular weight is 313 g/mol. The van der Waals surface area contributed by atoms with Crippen LogP contribution in [0.25, 0.3) is 0 Å². The highest BCUT2D eigenvalue weighted by Gasteiger charge is 2.28. The highest BCUT2D eigenvalue weighted by atomic mass is 16.2. The Balaban J connectivity index is 2.05. The largest absolute Gasteiger partial charge is 0.350 e. The van der Waals surface area contributed by atoms with Crippen LogP contribution in [0.5, 0.6) is 0 Å². The number of nitrogens with one attached hydrogen (secondary N) is 1. The van der Waals surface area contributed by atoms with Crippen LogP contribution in [0, 0.1) is 0 Å². The first-order chi connectivity index (χ1) is 10.8. The predicted octanol–water partition coefficient (Wildman–Crippen LogP) is 2.24. The SMILES string of the molecule is CN(C)C(=O)c1cccc(CNC(=O)C(C)(C)n2cccc2)c1. The van der Waals surface area contributed by atoms with Gasteiger partial charge in [-0.2, -0.15) is 0 Å². The van der Waals surface area contributed by atoms with E-state index in [1.54, 1.807) is 20.2 Å². The normalized spacial score (nSPS) is 11.1. The van der Waals surface area contributed by atoms with E-state index >= 15 is 0 Å². The van der Waals surface area contributed by atoms with Crippen molar-refractivity contribution in [3.05, 3.63) is 59.9 Å². The Morgan fingerprint density at radius 2 is 1.78 bits per heavy atom. The first kappa shape index (κ1) is 16.8. The minimum Gasteiger partial charge on any atom is -0.350 e. The van der Waals surface area contributed by atoms with Crippen molar-refractivity contribution >= 4 is 11.8 Å². The van der Waals surface area contributed by atoms with Crippen molar-refractivity contribution in [2.75, 3.05) is 14.1 Å². The number of hydrogen-bond donors (Lipinski definition) is 1. The fourth-order valence-electron chi connectivity index (χ4n) is 2.30. The van der Waals surface area contributed by atoms with Gasteiger partial charge in [-0.05, 0) is 43.7 Å². The average Bonchev–Trinajstić information content (AvgIpc) is 3.07. The summed E-state index contributed by atoms with van der Waals surface area (Å²) in [6, 6.07) is 11.1. The molecule has 0 radical (unpaired) electrons. The molecule has 0 spiro atoms. The number of carbonyl (C=O) groups is 2. The van der Waals surface area contributed by atoms with Crippen LogP contribution in [-0.2, 0) is 16.9 Å². The van der Waals surface area contributed by atoms with Gasteiger partial charge in [0, 0.05) is 38.6 Å². The summed E-state index contributed by atoms with van der Waals surface area (Å²) in [5.41, 5.74) is 0.849. The van der Waals surface area contributed by atoms with Crippen LogP contribution in [0.1, 0.15) is 29.8 Å². The second-order valence-corrected chi connectivity index (χ2v) is 6.23. The lowest BCUT2D eigenvalue weighted by Crippen LogP contribution is -2.43. The Morgan fingerprint density at radius 3 is 2.39 bits per heavy atom. The van der Waals surface area contributed by atoms with Crippen molar-refractivity contribution in [2.24, 2.45) is 0 Å². The summed E-state index contributed by atoms with van der Waals surface area (Å²) in [5, 5.41) is 2.94. The van der Waals surface area contributed by atoms with Crippen molar-refractivity contribution in [1.29, 1.82) is 0 Å². The molecule has 0 unspecified atom stereocenters. The van der Waals surface area contributed by atoms with E-state index < -0.39 is 5.54 Å². The van der Waals surface area contributed by atoms with E-state index in [4.69, 9.17) is 0 Å². The molecule has 2 aromatic rings. The molecule has 0 fully saturated rings. The van der Waals surface area contributed by atoms with Gasteiger partial charge in [-0.15, -0.1) is 0 Å². The van der Waals surface area contributed by atoms with Gasteiger partial charge in [-0.25, -0.2) is 0 Å². The van der Waals surface area contributed by atoms with Crippen LogP contribution >= 0.6 is 0 Å². The summed E-state index contributed by atoms with van der Waals surface area (Å²) in [4.78, 5) is 26.0. The molecule has 0 aliphatic rings. The summed E-state index contributed by atoms with van der Waals surface area (Å²) in [6.07, 6.45) is 3.74. The van der Waals surface area contributed by atoms with E-state index in [0.717, 1.165) is 5.56 Å². The smallest absolute Gasteiger partial charge is 0.253 e. The standard InChI is InChI=1S/C18H23N3O2/c1-18(2,21-10-5-6-11-21)17(23)19-13-14-8-7-9-15(12-14)16(22)20(3)4/h5-12H,13H2,1-4H3,(H,19,23). The number of nitrogens with zero attached hydrogens (tertiary/aromatic N) is 2. The lowest BCUT2D eigenvalue weighted by Gasteiger charge is -2.25. The first-order valence-corrected chi connectivity index (χ1v) is 7.54. The lowest BCUT2D eigenvalue weighted by molar-refractivity contribution is -0.128. The molecule has 1 N–H and O–H groups in total. The molecule has 0 saturated heterocycles. The number of hydrogen-bond acceptors (Lipinski definition) is 2. The Kier molecular flexibility index (Phi) is 4.89. The Labute approximate surface area is 136 Å². The van der Waals surface area contributed by atoms with Gasteiger partial charge in [-0.1, -0.05) is 12.1 Å². The molecule has 1 heterocycles. The molecule has 5 heteroatoms. The molecular weight excluding hydrogens is 290 g/mol. The van der Waals surface area contributed by atoms with Gasteiger partial charge in [0.2, 0.25) is 5.91 Å². The monoisotopic (exact) mass is 313 g/mol. The molecule has 0 atom stereocenters. The third-order valence-electron chi connectivity index (χ3n) is 3.84. The first-order valence-electron chi connectivity index (χ1n) is 7.54. The summed E-state index contributed by atoms with van der Waals surface area (Å²) in [7, 11) is 3.44. The maximum atomic E-state index is 12.5. The summed E-state index contributed by atoms with van der Waals surface area (Å²) < 4.78 is 1.87. The third kappa shape index (κ3) is 3.80. The van der Waals surface area contributed by atoms with E-state index in [1.807, 2.05) is 61.1 Å². The van der Waals surface area contributed by atoms with E-state index in [-0.39, 0.29) is 11.8 Å². The molecule has 0 bridgehead atoms. The van der Waals surface area contributed by atoms with Crippen LogP contribution in [-0.4, -0.2) is 35.4 Å². The molecule has 23 heavy (non-hydrogen) atoms. The molecule has 1 aromatic heterocycles. The molecule has 5 nitrogen and oxygen atoms in total. The van der Waals surface area contributed by atoms with E-state index in [0.29, 0.717) is 12.1 Å². The maximum Gasteiger partial charge on any atom is 0.253 e. The predicted molar refractivity (Wildman–Crippen MR) is 90.1 cm³/mol. The zero-order valence-electron chi connectivity index (χ0n) is 14.0. The van der Waals surface area contributed by atoms with Crippen LogP contribution < -0.4 is 5.32 Å². The third-order valence-corrected chi connectivity index (χ3v) is 3.84. The summed E-state index contributed by atoms with van der Waals surface area (Å²) >= 11 is 0. The van der Waals surface area contributed by atoms with E-state index in [9.17, 15) is 9.59 Å². The van der Waals surface area contributed by atoms with E-state index in [2.05, 4.69) is 5.32 Å². The van der Waals surface area contributed by atoms with Gasteiger partial charge >= 0.3 is 0 Å². The maximum absolute atomic E-state index is 12.5. The molecule has 1 aromatic carbocycles. The van der Waals surface area contributed by atoms with Crippen molar-refractivity contribution in [2.45, 2.75) is 25.9 Å². The van der Waals surface area contributed by atoms with Gasteiger partial charge in [0.15, 0.2) is 0 Å². The second-order valence-electron chi connectivity index (χ2n) is 6.23. The number of aromatic nitrogens is 1. The van der Waals surface area contributed by atoms with Gasteiger partial charge in [0.1, 0.15) is 5.54 Å². The topological polar surface area (TPSA) is 54.3 Å². The molecule has 122 valence electrons. The van der Waals surface area contributed by atoms with Gasteiger partial charge in [0.25, 0.3) is 5.91 Å². The molecule has 2 amide bonds. The van der Waals surface area contributed by atoms with E-state index in [1.165, 1.54) is 4.90 Å². The Bertz CT molecular complexity index is 688. The summed E-state index contributed by atoms with van der Waals surface area (Å²) in [5.74, 6) is -0.121. The minimum atomic E-state index is -0.666. The van der Waals surface area contributed by atoms with Crippen LogP contribution in [0.15, 0.2) is 48.8 Å². The molecule has 2 rings (SSSR count). The lowest BCUT2D eigenvalue weighted by atomic mass is 10.0. The molecule has 0 aliphatic heterocycles. The zero-order chi connectivity index (χ0) is 17.0. The number of carbonyl (C=O) groups excluding carboxylic acids is 2. The van der Waals surface area contributed by atoms with Crippen molar-refractivity contribution in [3.63, 3.8) is 0 Å². The van der Waals surface area contributed by atoms with Crippen LogP contribution in [0.3, 0.4) is 0 Å². The summed E-state index contributed by atoms with van der Waals surface area (Å²) in [6.45, 7) is 4.13. The van der Waals surface area contributed by atoms with Crippen LogP contribution in [0.4, 0.5) is 0 Å². The minimum absolute atomic E-state index is 0.0501. The Morgan fingerprint density at radius 1 is 1.13 bits per heavy atom. The van der Waals surface area contributed by atoms with Gasteiger partial charge < -0.3 is 14.8 Å². The molecule has 0 saturated carbocycles. The molecule has 0 aliphatic carbocycles. The quantitative estimate of drug-likeness (QED) is 0.920. The zero-order valence-corrected chi connectivity index (χ0v) is 14.0. The van der Waals surface area contributed by atoms with Crippen molar-refractivity contribution in [1.82, 2.24) is 14.8 Å². The second kappa shape index (κ2) is 6.69. The fraction of sp³-hybridized carbons (Fsp3) is 0.333. The fourth-order valence-corrected chi connectivity index (χ4v) is 2.30. The highest BCUT2D eigenvalue weighted by Crippen LogP contribution is 2.16. The molecular formula is C18H23N3O2.